The van der Waals surface area contributed by atoms with Crippen LogP contribution in [0.3, 0.4) is 0 Å². The average Bonchev–Trinajstić information content (AvgIpc) is 2.85. The van der Waals surface area contributed by atoms with E-state index in [2.05, 4.69) is 10.6 Å². The average molecular weight is 344 g/mol. The summed E-state index contributed by atoms with van der Waals surface area (Å²) in [6, 6.07) is 14.2. The fourth-order valence-electron chi connectivity index (χ4n) is 3.03. The Morgan fingerprint density at radius 1 is 1.21 bits per heavy atom. The van der Waals surface area contributed by atoms with Gasteiger partial charge in [0.15, 0.2) is 0 Å². The molecule has 3 unspecified atom stereocenters. The highest BCUT2D eigenvalue weighted by Crippen LogP contribution is 2.31. The third kappa shape index (κ3) is 3.66. The molecule has 3 atom stereocenters. The Morgan fingerprint density at radius 3 is 2.71 bits per heavy atom. The lowest BCUT2D eigenvalue weighted by Gasteiger charge is -2.19. The van der Waals surface area contributed by atoms with Crippen molar-refractivity contribution in [1.82, 2.24) is 5.32 Å². The summed E-state index contributed by atoms with van der Waals surface area (Å²) in [5.41, 5.74) is 3.45. The first-order valence-corrected chi connectivity index (χ1v) is 9.48. The van der Waals surface area contributed by atoms with Crippen molar-refractivity contribution in [3.63, 3.8) is 0 Å². The highest BCUT2D eigenvalue weighted by Gasteiger charge is 2.31. The Bertz CT molecular complexity index is 778. The number of para-hydroxylation sites is 1. The van der Waals surface area contributed by atoms with Crippen LogP contribution in [0.15, 0.2) is 48.5 Å². The normalized spacial score (nSPS) is 20.2. The first kappa shape index (κ1) is 16.7. The maximum atomic E-state index is 12.4. The summed E-state index contributed by atoms with van der Waals surface area (Å²) >= 11 is 0. The van der Waals surface area contributed by atoms with Gasteiger partial charge in [-0.1, -0.05) is 42.5 Å². The number of nitrogens with one attached hydrogen (secondary N) is 2. The van der Waals surface area contributed by atoms with Gasteiger partial charge >= 0.3 is 6.03 Å². The Hall–Kier alpha value is -2.18. The summed E-state index contributed by atoms with van der Waals surface area (Å²) in [6.07, 6.45) is 1.53. The van der Waals surface area contributed by atoms with Crippen LogP contribution in [-0.2, 0) is 23.0 Å². The van der Waals surface area contributed by atoms with E-state index in [1.54, 1.807) is 12.3 Å². The highest BCUT2D eigenvalue weighted by molar-refractivity contribution is 7.83. The molecule has 0 radical (unpaired) electrons. The van der Waals surface area contributed by atoms with Crippen LogP contribution in [0, 0.1) is 0 Å². The molecule has 0 aliphatic heterocycles. The summed E-state index contributed by atoms with van der Waals surface area (Å²) in [5.74, 6) is 0.380. The summed E-state index contributed by atoms with van der Waals surface area (Å²) in [7, 11) is -0.993. The van der Waals surface area contributed by atoms with Crippen molar-refractivity contribution in [2.75, 3.05) is 11.6 Å². The smallest absolute Gasteiger partial charge is 0.319 e. The first-order valence-electron chi connectivity index (χ1n) is 7.76. The van der Waals surface area contributed by atoms with Gasteiger partial charge in [0.05, 0.1) is 17.9 Å². The van der Waals surface area contributed by atoms with Crippen LogP contribution in [0.4, 0.5) is 10.5 Å². The van der Waals surface area contributed by atoms with Crippen molar-refractivity contribution in [1.29, 1.82) is 0 Å². The third-order valence-corrected chi connectivity index (χ3v) is 4.83. The lowest BCUT2D eigenvalue weighted by molar-refractivity contribution is 0.144. The van der Waals surface area contributed by atoms with Crippen molar-refractivity contribution in [2.45, 2.75) is 24.3 Å². The van der Waals surface area contributed by atoms with Crippen molar-refractivity contribution in [3.8, 4) is 0 Å². The number of carbonyl (C=O) groups excluding carboxylic acids is 1. The lowest BCUT2D eigenvalue weighted by atomic mass is 10.1. The van der Waals surface area contributed by atoms with Crippen molar-refractivity contribution in [2.24, 2.45) is 0 Å². The van der Waals surface area contributed by atoms with Crippen LogP contribution >= 0.6 is 0 Å². The Balaban J connectivity index is 1.72. The molecule has 0 aromatic heterocycles. The number of amides is 2. The molecule has 0 saturated heterocycles. The second kappa shape index (κ2) is 7.15. The monoisotopic (exact) mass is 344 g/mol. The number of hydrogen-bond donors (Lipinski definition) is 3. The maximum absolute atomic E-state index is 12.4. The van der Waals surface area contributed by atoms with Gasteiger partial charge < -0.3 is 15.7 Å². The van der Waals surface area contributed by atoms with E-state index in [0.717, 1.165) is 16.7 Å². The fourth-order valence-corrected chi connectivity index (χ4v) is 3.72. The number of rotatable bonds is 4. The van der Waals surface area contributed by atoms with Gasteiger partial charge in [0, 0.05) is 29.2 Å². The van der Waals surface area contributed by atoms with E-state index in [1.807, 2.05) is 42.5 Å². The molecule has 6 heteroatoms. The highest BCUT2D eigenvalue weighted by atomic mass is 32.2. The molecule has 0 saturated carbocycles. The van der Waals surface area contributed by atoms with Gasteiger partial charge in [0.25, 0.3) is 0 Å². The molecular formula is C18H20N2O3S. The van der Waals surface area contributed by atoms with Gasteiger partial charge in [0.1, 0.15) is 0 Å². The summed E-state index contributed by atoms with van der Waals surface area (Å²) in [4.78, 5) is 12.4. The van der Waals surface area contributed by atoms with E-state index < -0.39 is 22.9 Å². The van der Waals surface area contributed by atoms with Gasteiger partial charge in [-0.2, -0.15) is 0 Å². The van der Waals surface area contributed by atoms with Crippen molar-refractivity contribution in [3.05, 3.63) is 65.2 Å². The van der Waals surface area contributed by atoms with Gasteiger partial charge in [-0.3, -0.25) is 4.21 Å². The van der Waals surface area contributed by atoms with E-state index in [-0.39, 0.29) is 6.03 Å². The second-order valence-electron chi connectivity index (χ2n) is 5.92. The summed E-state index contributed by atoms with van der Waals surface area (Å²) in [6.45, 7) is 0. The van der Waals surface area contributed by atoms with E-state index >= 15 is 0 Å². The number of aliphatic hydroxyl groups is 1. The summed E-state index contributed by atoms with van der Waals surface area (Å²) < 4.78 is 11.5. The van der Waals surface area contributed by atoms with Gasteiger partial charge in [-0.25, -0.2) is 4.79 Å². The van der Waals surface area contributed by atoms with Gasteiger partial charge in [0.2, 0.25) is 0 Å². The van der Waals surface area contributed by atoms with Crippen LogP contribution in [-0.4, -0.2) is 27.7 Å². The number of benzene rings is 2. The van der Waals surface area contributed by atoms with Crippen LogP contribution < -0.4 is 10.6 Å². The van der Waals surface area contributed by atoms with Crippen LogP contribution in [0.2, 0.25) is 0 Å². The maximum Gasteiger partial charge on any atom is 0.319 e. The molecule has 5 nitrogen and oxygen atoms in total. The van der Waals surface area contributed by atoms with Gasteiger partial charge in [-0.05, 0) is 22.8 Å². The van der Waals surface area contributed by atoms with E-state index in [0.29, 0.717) is 17.9 Å². The molecular weight excluding hydrogens is 324 g/mol. The van der Waals surface area contributed by atoms with Gasteiger partial charge in [-0.15, -0.1) is 0 Å². The molecule has 1 aliphatic rings. The quantitative estimate of drug-likeness (QED) is 0.797. The van der Waals surface area contributed by atoms with Crippen LogP contribution in [0.1, 0.15) is 22.7 Å². The number of carbonyl (C=O) groups is 1. The molecule has 3 rings (SSSR count). The molecule has 126 valence electrons. The Kier molecular flexibility index (Phi) is 4.97. The van der Waals surface area contributed by atoms with Crippen molar-refractivity contribution < 1.29 is 14.1 Å². The molecule has 0 heterocycles. The number of urea groups is 1. The third-order valence-electron chi connectivity index (χ3n) is 4.11. The Morgan fingerprint density at radius 2 is 1.92 bits per heavy atom. The molecule has 3 N–H and O–H groups in total. The predicted molar refractivity (Wildman–Crippen MR) is 95.3 cm³/mol. The molecule has 2 amide bonds. The number of aliphatic hydroxyl groups excluding tert-OH is 1. The number of fused-ring (bicyclic) bond motifs is 1. The molecule has 24 heavy (non-hydrogen) atoms. The molecule has 0 spiro atoms. The molecule has 1 aliphatic carbocycles. The molecule has 0 bridgehead atoms. The largest absolute Gasteiger partial charge is 0.390 e. The summed E-state index contributed by atoms with van der Waals surface area (Å²) in [5, 5.41) is 15.9. The first-order chi connectivity index (χ1) is 11.5. The molecule has 2 aromatic rings. The fraction of sp³-hybridized carbons (Fsp3) is 0.278. The zero-order chi connectivity index (χ0) is 17.1. The zero-order valence-corrected chi connectivity index (χ0v) is 14.2. The van der Waals surface area contributed by atoms with E-state index in [4.69, 9.17) is 0 Å². The predicted octanol–water partition coefficient (Wildman–Crippen LogP) is 2.34. The second-order valence-corrected chi connectivity index (χ2v) is 7.36. The standard InChI is InChI=1S/C18H20N2O3S/c1-24(23)11-13-7-3-5-9-15(13)19-18(22)20-17-14-8-4-2-6-12(14)10-16(17)21/h2-9,16-17,21H,10-11H2,1H3,(H2,19,20,22). The SMILES string of the molecule is CS(=O)Cc1ccccc1NC(=O)NC1c2ccccc2CC1O. The lowest BCUT2D eigenvalue weighted by Crippen LogP contribution is -2.37. The minimum absolute atomic E-state index is 0.380. The van der Waals surface area contributed by atoms with E-state index in [9.17, 15) is 14.1 Å². The minimum atomic E-state index is -0.993. The topological polar surface area (TPSA) is 78.4 Å². The molecule has 0 fully saturated rings. The molecule has 2 aromatic carbocycles. The van der Waals surface area contributed by atoms with Crippen LogP contribution in [0.5, 0.6) is 0 Å². The number of anilines is 1. The van der Waals surface area contributed by atoms with Crippen molar-refractivity contribution >= 4 is 22.5 Å². The Labute approximate surface area is 143 Å². The van der Waals surface area contributed by atoms with E-state index in [1.165, 1.54) is 0 Å². The van der Waals surface area contributed by atoms with Crippen LogP contribution in [0.25, 0.3) is 0 Å². The number of hydrogen-bond acceptors (Lipinski definition) is 3. The zero-order valence-electron chi connectivity index (χ0n) is 13.4. The minimum Gasteiger partial charge on any atom is -0.390 e.